The number of ether oxygens (including phenoxy) is 1. The first-order chi connectivity index (χ1) is 15.2. The summed E-state index contributed by atoms with van der Waals surface area (Å²) in [6.07, 6.45) is 0. The highest BCUT2D eigenvalue weighted by atomic mass is 32.2. The Labute approximate surface area is 185 Å². The molecule has 2 aromatic carbocycles. The topological polar surface area (TPSA) is 102 Å². The third kappa shape index (κ3) is 3.80. The van der Waals surface area contributed by atoms with E-state index in [1.807, 2.05) is 13.8 Å². The number of carbonyl (C=O) groups excluding carboxylic acids is 1. The number of methoxy groups -OCH3 is 1. The Hall–Kier alpha value is -3.11. The molecule has 1 fully saturated rings. The molecule has 0 spiro atoms. The van der Waals surface area contributed by atoms with Gasteiger partial charge in [0.1, 0.15) is 5.75 Å². The molecular weight excluding hydrogens is 434 g/mol. The molecule has 170 valence electrons. The summed E-state index contributed by atoms with van der Waals surface area (Å²) in [5.74, 6) is -0.235. The van der Waals surface area contributed by atoms with Crippen molar-refractivity contribution in [3.63, 3.8) is 0 Å². The molecule has 0 N–H and O–H groups in total. The Morgan fingerprint density at radius 3 is 2.41 bits per heavy atom. The summed E-state index contributed by atoms with van der Waals surface area (Å²) in [4.78, 5) is 26.6. The molecule has 4 rings (SSSR count). The van der Waals surface area contributed by atoms with Crippen LogP contribution in [0, 0.1) is 0 Å². The Morgan fingerprint density at radius 2 is 1.75 bits per heavy atom. The Balaban J connectivity index is 1.53. The number of para-hydroxylation sites is 1. The number of rotatable bonds is 5. The molecule has 1 aliphatic rings. The first-order valence-corrected chi connectivity index (χ1v) is 11.8. The van der Waals surface area contributed by atoms with Crippen molar-refractivity contribution >= 4 is 27.0 Å². The SMILES string of the molecule is COc1ccccc1C(=O)N1CCN(S(=O)(=O)c2ccc3c(c2)oc(=O)n3C(C)C)CC1. The van der Waals surface area contributed by atoms with Crippen molar-refractivity contribution in [2.45, 2.75) is 24.8 Å². The minimum atomic E-state index is -3.80. The van der Waals surface area contributed by atoms with Crippen molar-refractivity contribution in [3.05, 3.63) is 58.6 Å². The Kier molecular flexibility index (Phi) is 5.83. The molecule has 0 bridgehead atoms. The molecule has 1 aromatic heterocycles. The summed E-state index contributed by atoms with van der Waals surface area (Å²) >= 11 is 0. The van der Waals surface area contributed by atoms with Crippen LogP contribution in [0.5, 0.6) is 5.75 Å². The number of aromatic nitrogens is 1. The minimum absolute atomic E-state index is 0.0548. The molecule has 2 heterocycles. The number of amides is 1. The van der Waals surface area contributed by atoms with Gasteiger partial charge in [-0.25, -0.2) is 13.2 Å². The molecule has 0 atom stereocenters. The Bertz CT molecular complexity index is 1320. The number of hydrogen-bond donors (Lipinski definition) is 0. The van der Waals surface area contributed by atoms with E-state index in [1.54, 1.807) is 35.2 Å². The van der Waals surface area contributed by atoms with Crippen LogP contribution in [0.2, 0.25) is 0 Å². The normalized spacial score (nSPS) is 15.4. The zero-order valence-electron chi connectivity index (χ0n) is 18.1. The predicted molar refractivity (Wildman–Crippen MR) is 119 cm³/mol. The lowest BCUT2D eigenvalue weighted by molar-refractivity contribution is 0.0694. The van der Waals surface area contributed by atoms with Crippen molar-refractivity contribution in [3.8, 4) is 5.75 Å². The second-order valence-corrected chi connectivity index (χ2v) is 9.80. The van der Waals surface area contributed by atoms with Gasteiger partial charge in [0.05, 0.1) is 23.1 Å². The summed E-state index contributed by atoms with van der Waals surface area (Å²) in [5, 5.41) is 0. The van der Waals surface area contributed by atoms with Gasteiger partial charge >= 0.3 is 5.76 Å². The van der Waals surface area contributed by atoms with Crippen LogP contribution < -0.4 is 10.5 Å². The van der Waals surface area contributed by atoms with Gasteiger partial charge in [-0.2, -0.15) is 4.31 Å². The Morgan fingerprint density at radius 1 is 1.06 bits per heavy atom. The average Bonchev–Trinajstić information content (AvgIpc) is 3.13. The van der Waals surface area contributed by atoms with E-state index in [2.05, 4.69) is 0 Å². The van der Waals surface area contributed by atoms with Crippen LogP contribution in [-0.4, -0.2) is 61.4 Å². The van der Waals surface area contributed by atoms with Gasteiger partial charge in [0, 0.05) is 38.3 Å². The second kappa shape index (κ2) is 8.44. The van der Waals surface area contributed by atoms with Crippen LogP contribution in [0.1, 0.15) is 30.2 Å². The molecule has 0 unspecified atom stereocenters. The van der Waals surface area contributed by atoms with E-state index in [1.165, 1.54) is 28.1 Å². The largest absolute Gasteiger partial charge is 0.496 e. The highest BCUT2D eigenvalue weighted by molar-refractivity contribution is 7.89. The molecule has 0 saturated carbocycles. The molecule has 1 aliphatic heterocycles. The number of carbonyl (C=O) groups is 1. The lowest BCUT2D eigenvalue weighted by Crippen LogP contribution is -2.50. The van der Waals surface area contributed by atoms with E-state index >= 15 is 0 Å². The molecule has 0 aliphatic carbocycles. The van der Waals surface area contributed by atoms with Gasteiger partial charge in [0.15, 0.2) is 5.58 Å². The van der Waals surface area contributed by atoms with E-state index in [0.29, 0.717) is 16.8 Å². The summed E-state index contributed by atoms with van der Waals surface area (Å²) in [7, 11) is -2.30. The van der Waals surface area contributed by atoms with Crippen LogP contribution in [0.4, 0.5) is 0 Å². The van der Waals surface area contributed by atoms with E-state index in [4.69, 9.17) is 9.15 Å². The zero-order chi connectivity index (χ0) is 23.0. The molecular formula is C22H25N3O6S. The number of oxazole rings is 1. The van der Waals surface area contributed by atoms with Crippen LogP contribution in [0.3, 0.4) is 0 Å². The van der Waals surface area contributed by atoms with Crippen molar-refractivity contribution in [2.75, 3.05) is 33.3 Å². The summed E-state index contributed by atoms with van der Waals surface area (Å²) in [6.45, 7) is 4.56. The molecule has 0 radical (unpaired) electrons. The van der Waals surface area contributed by atoms with Gasteiger partial charge in [-0.15, -0.1) is 0 Å². The number of benzene rings is 2. The van der Waals surface area contributed by atoms with Gasteiger partial charge in [0.2, 0.25) is 10.0 Å². The average molecular weight is 460 g/mol. The van der Waals surface area contributed by atoms with E-state index in [9.17, 15) is 18.0 Å². The van der Waals surface area contributed by atoms with Crippen molar-refractivity contribution < 1.29 is 22.4 Å². The van der Waals surface area contributed by atoms with Crippen LogP contribution in [-0.2, 0) is 10.0 Å². The third-order valence-corrected chi connectivity index (χ3v) is 7.50. The summed E-state index contributed by atoms with van der Waals surface area (Å²) in [6, 6.07) is 11.3. The quantitative estimate of drug-likeness (QED) is 0.580. The molecule has 32 heavy (non-hydrogen) atoms. The lowest BCUT2D eigenvalue weighted by Gasteiger charge is -2.34. The smallest absolute Gasteiger partial charge is 0.420 e. The lowest BCUT2D eigenvalue weighted by atomic mass is 10.1. The number of sulfonamides is 1. The van der Waals surface area contributed by atoms with E-state index in [-0.39, 0.29) is 48.6 Å². The number of fused-ring (bicyclic) bond motifs is 1. The van der Waals surface area contributed by atoms with Crippen molar-refractivity contribution in [1.29, 1.82) is 0 Å². The molecule has 1 amide bonds. The highest BCUT2D eigenvalue weighted by Gasteiger charge is 2.31. The summed E-state index contributed by atoms with van der Waals surface area (Å²) < 4.78 is 39.7. The third-order valence-electron chi connectivity index (χ3n) is 5.60. The fourth-order valence-electron chi connectivity index (χ4n) is 3.94. The maximum absolute atomic E-state index is 13.2. The van der Waals surface area contributed by atoms with Gasteiger partial charge in [-0.3, -0.25) is 9.36 Å². The predicted octanol–water partition coefficient (Wildman–Crippen LogP) is 2.33. The molecule has 1 saturated heterocycles. The van der Waals surface area contributed by atoms with Crippen LogP contribution in [0.15, 0.2) is 56.6 Å². The molecule has 3 aromatic rings. The van der Waals surface area contributed by atoms with E-state index in [0.717, 1.165) is 0 Å². The number of piperazine rings is 1. The fraction of sp³-hybridized carbons (Fsp3) is 0.364. The van der Waals surface area contributed by atoms with Crippen molar-refractivity contribution in [1.82, 2.24) is 13.8 Å². The van der Waals surface area contributed by atoms with E-state index < -0.39 is 15.8 Å². The van der Waals surface area contributed by atoms with Crippen molar-refractivity contribution in [2.24, 2.45) is 0 Å². The first-order valence-electron chi connectivity index (χ1n) is 10.3. The van der Waals surface area contributed by atoms with Gasteiger partial charge in [0.25, 0.3) is 5.91 Å². The maximum Gasteiger partial charge on any atom is 0.420 e. The minimum Gasteiger partial charge on any atom is -0.496 e. The molecule has 9 nitrogen and oxygen atoms in total. The van der Waals surface area contributed by atoms with Crippen LogP contribution >= 0.6 is 0 Å². The second-order valence-electron chi connectivity index (χ2n) is 7.86. The first kappa shape index (κ1) is 22.1. The standard InChI is InChI=1S/C22H25N3O6S/c1-15(2)25-18-9-8-16(14-20(18)31-22(25)27)32(28,29)24-12-10-23(11-13-24)21(26)17-6-4-5-7-19(17)30-3/h4-9,14-15H,10-13H2,1-3H3. The van der Waals surface area contributed by atoms with Gasteiger partial charge in [-0.1, -0.05) is 12.1 Å². The van der Waals surface area contributed by atoms with Gasteiger partial charge < -0.3 is 14.1 Å². The fourth-order valence-corrected chi connectivity index (χ4v) is 5.38. The zero-order valence-corrected chi connectivity index (χ0v) is 19.0. The number of hydrogen-bond acceptors (Lipinski definition) is 6. The van der Waals surface area contributed by atoms with Gasteiger partial charge in [-0.05, 0) is 38.1 Å². The highest BCUT2D eigenvalue weighted by Crippen LogP contribution is 2.25. The number of nitrogens with zero attached hydrogens (tertiary/aromatic N) is 3. The van der Waals surface area contributed by atoms with Crippen LogP contribution in [0.25, 0.3) is 11.1 Å². The monoisotopic (exact) mass is 459 g/mol. The summed E-state index contributed by atoms with van der Waals surface area (Å²) in [5.41, 5.74) is 1.23. The molecule has 10 heteroatoms. The maximum atomic E-state index is 13.2.